The molecular weight excluding hydrogens is 322 g/mol. The molecule has 0 saturated heterocycles. The minimum Gasteiger partial charge on any atom is -0.382 e. The van der Waals surface area contributed by atoms with Crippen LogP contribution in [0, 0.1) is 0 Å². The first-order valence-electron chi connectivity index (χ1n) is 9.86. The van der Waals surface area contributed by atoms with E-state index in [1.807, 2.05) is 0 Å². The van der Waals surface area contributed by atoms with E-state index < -0.39 is 0 Å². The summed E-state index contributed by atoms with van der Waals surface area (Å²) in [5.41, 5.74) is 0. The van der Waals surface area contributed by atoms with E-state index in [1.165, 1.54) is 64.2 Å². The number of ether oxygens (including phenoxy) is 2. The molecule has 0 fully saturated rings. The first-order chi connectivity index (χ1) is 12.2. The second kappa shape index (κ2) is 18.5. The van der Waals surface area contributed by atoms with Gasteiger partial charge in [-0.2, -0.15) is 0 Å². The van der Waals surface area contributed by atoms with Gasteiger partial charge in [-0.15, -0.1) is 14.5 Å². The summed E-state index contributed by atoms with van der Waals surface area (Å²) in [5, 5.41) is 0. The van der Waals surface area contributed by atoms with Crippen molar-refractivity contribution in [2.45, 2.75) is 70.6 Å². The third-order valence-electron chi connectivity index (χ3n) is 4.49. The van der Waals surface area contributed by atoms with Gasteiger partial charge in [0, 0.05) is 20.1 Å². The van der Waals surface area contributed by atoms with Crippen molar-refractivity contribution in [2.75, 3.05) is 54.8 Å². The van der Waals surface area contributed by atoms with Crippen molar-refractivity contribution >= 4 is 0 Å². The second-order valence-electron chi connectivity index (χ2n) is 6.38. The number of hydroxylamine groups is 3. The van der Waals surface area contributed by atoms with Gasteiger partial charge in [0.05, 0.1) is 18.2 Å². The van der Waals surface area contributed by atoms with Gasteiger partial charge in [0.15, 0.2) is 6.54 Å². The Morgan fingerprint density at radius 3 is 1.36 bits per heavy atom. The summed E-state index contributed by atoms with van der Waals surface area (Å²) < 4.78 is 10.4. The molecule has 0 radical (unpaired) electrons. The summed E-state index contributed by atoms with van der Waals surface area (Å²) in [4.78, 5) is 15.5. The van der Waals surface area contributed by atoms with Crippen LogP contribution in [0.3, 0.4) is 0 Å². The Labute approximate surface area is 155 Å². The van der Waals surface area contributed by atoms with Crippen LogP contribution >= 0.6 is 0 Å². The Balaban J connectivity index is 3.21. The molecule has 0 heterocycles. The summed E-state index contributed by atoms with van der Waals surface area (Å²) in [6, 6.07) is 0. The molecule has 0 aromatic rings. The van der Waals surface area contributed by atoms with Gasteiger partial charge >= 0.3 is 0 Å². The molecule has 0 bridgehead atoms. The first-order valence-corrected chi connectivity index (χ1v) is 9.86. The maximum Gasteiger partial charge on any atom is 0.178 e. The van der Waals surface area contributed by atoms with E-state index in [4.69, 9.17) is 24.0 Å². The van der Waals surface area contributed by atoms with Crippen LogP contribution in [-0.4, -0.2) is 59.8 Å². The fourth-order valence-electron chi connectivity index (χ4n) is 2.84. The molecule has 25 heavy (non-hydrogen) atoms. The smallest absolute Gasteiger partial charge is 0.178 e. The number of methoxy groups -OCH3 is 1. The molecular formula is C19H42NO5+. The molecule has 0 amide bonds. The molecule has 0 aliphatic carbocycles. The highest BCUT2D eigenvalue weighted by Crippen LogP contribution is 2.14. The van der Waals surface area contributed by atoms with Gasteiger partial charge in [-0.1, -0.05) is 51.4 Å². The Morgan fingerprint density at radius 2 is 0.920 bits per heavy atom. The fourth-order valence-corrected chi connectivity index (χ4v) is 2.84. The predicted molar refractivity (Wildman–Crippen MR) is 99.6 cm³/mol. The zero-order valence-corrected chi connectivity index (χ0v) is 17.1. The van der Waals surface area contributed by atoms with E-state index in [-0.39, 0.29) is 4.97 Å². The Bertz CT molecular complexity index is 254. The molecule has 0 spiro atoms. The summed E-state index contributed by atoms with van der Waals surface area (Å²) in [7, 11) is 6.50. The van der Waals surface area contributed by atoms with Crippen LogP contribution in [0.2, 0.25) is 0 Å². The van der Waals surface area contributed by atoms with Gasteiger partial charge in [0.25, 0.3) is 0 Å². The van der Waals surface area contributed by atoms with Crippen molar-refractivity contribution < 1.29 is 29.0 Å². The van der Waals surface area contributed by atoms with Crippen LogP contribution in [0.15, 0.2) is 0 Å². The lowest BCUT2D eigenvalue weighted by molar-refractivity contribution is -1.36. The first kappa shape index (κ1) is 24.8. The fraction of sp³-hybridized carbons (Fsp3) is 1.00. The van der Waals surface area contributed by atoms with Crippen LogP contribution in [0.25, 0.3) is 0 Å². The lowest BCUT2D eigenvalue weighted by Crippen LogP contribution is -2.45. The van der Waals surface area contributed by atoms with Crippen LogP contribution in [-0.2, 0) is 24.0 Å². The molecule has 0 aliphatic heterocycles. The van der Waals surface area contributed by atoms with E-state index in [1.54, 1.807) is 28.4 Å². The molecule has 6 nitrogen and oxygen atoms in total. The topological polar surface area (TPSA) is 46.2 Å². The lowest BCUT2D eigenvalue weighted by atomic mass is 10.1. The zero-order valence-electron chi connectivity index (χ0n) is 17.1. The van der Waals surface area contributed by atoms with Crippen molar-refractivity contribution in [1.82, 2.24) is 0 Å². The summed E-state index contributed by atoms with van der Waals surface area (Å²) in [5.74, 6) is 0. The number of hydrogen-bond donors (Lipinski definition) is 0. The van der Waals surface area contributed by atoms with Crippen molar-refractivity contribution in [3.8, 4) is 0 Å². The lowest BCUT2D eigenvalue weighted by Gasteiger charge is -2.24. The number of nitrogens with zero attached hydrogens (tertiary/aromatic N) is 1. The van der Waals surface area contributed by atoms with Gasteiger partial charge in [-0.05, 0) is 12.8 Å². The molecule has 0 aromatic heterocycles. The molecule has 0 aromatic carbocycles. The minimum atomic E-state index is -0.183. The summed E-state index contributed by atoms with van der Waals surface area (Å²) in [6.07, 6.45) is 14.0. The molecule has 0 aliphatic rings. The quantitative estimate of drug-likeness (QED) is 0.181. The van der Waals surface area contributed by atoms with E-state index in [9.17, 15) is 0 Å². The molecule has 0 unspecified atom stereocenters. The zero-order chi connectivity index (χ0) is 18.6. The molecule has 0 rings (SSSR count). The number of unbranched alkanes of at least 4 members (excludes halogenated alkanes) is 10. The minimum absolute atomic E-state index is 0.183. The van der Waals surface area contributed by atoms with Crippen LogP contribution in [0.5, 0.6) is 0 Å². The van der Waals surface area contributed by atoms with Crippen LogP contribution in [0.1, 0.15) is 70.6 Å². The highest BCUT2D eigenvalue weighted by Gasteiger charge is 2.29. The summed E-state index contributed by atoms with van der Waals surface area (Å²) in [6.45, 7) is 3.02. The average Bonchev–Trinajstić information content (AvgIpc) is 2.65. The van der Waals surface area contributed by atoms with Crippen molar-refractivity contribution in [3.05, 3.63) is 0 Å². The van der Waals surface area contributed by atoms with Gasteiger partial charge < -0.3 is 9.47 Å². The third kappa shape index (κ3) is 14.6. The van der Waals surface area contributed by atoms with E-state index in [0.29, 0.717) is 6.61 Å². The number of quaternary nitrogens is 1. The highest BCUT2D eigenvalue weighted by atomic mass is 17.2. The summed E-state index contributed by atoms with van der Waals surface area (Å²) >= 11 is 0. The van der Waals surface area contributed by atoms with Gasteiger partial charge in [0.1, 0.15) is 21.3 Å². The van der Waals surface area contributed by atoms with E-state index in [0.717, 1.165) is 26.2 Å². The normalized spacial score (nSPS) is 12.0. The maximum absolute atomic E-state index is 5.46. The molecule has 0 atom stereocenters. The Hall–Kier alpha value is -0.240. The predicted octanol–water partition coefficient (Wildman–Crippen LogP) is 4.44. The SMILES string of the molecule is COCCOCCCCCCCCCCCCC[N+](OC)(OC)OC. The maximum atomic E-state index is 5.46. The van der Waals surface area contributed by atoms with Crippen molar-refractivity contribution in [2.24, 2.45) is 0 Å². The van der Waals surface area contributed by atoms with Gasteiger partial charge in [-0.3, -0.25) is 0 Å². The highest BCUT2D eigenvalue weighted by molar-refractivity contribution is 4.48. The Kier molecular flexibility index (Phi) is 18.4. The van der Waals surface area contributed by atoms with E-state index in [2.05, 4.69) is 0 Å². The van der Waals surface area contributed by atoms with Gasteiger partial charge in [-0.25, -0.2) is 0 Å². The van der Waals surface area contributed by atoms with Crippen molar-refractivity contribution in [3.63, 3.8) is 0 Å². The third-order valence-corrected chi connectivity index (χ3v) is 4.49. The number of rotatable bonds is 20. The number of hydrogen-bond acceptors (Lipinski definition) is 5. The molecule has 0 N–H and O–H groups in total. The largest absolute Gasteiger partial charge is 0.382 e. The van der Waals surface area contributed by atoms with Gasteiger partial charge in [0.2, 0.25) is 0 Å². The second-order valence-corrected chi connectivity index (χ2v) is 6.38. The average molecular weight is 365 g/mol. The molecule has 0 saturated carbocycles. The molecule has 6 heteroatoms. The van der Waals surface area contributed by atoms with Crippen LogP contribution < -0.4 is 0 Å². The Morgan fingerprint density at radius 1 is 0.480 bits per heavy atom. The van der Waals surface area contributed by atoms with Crippen LogP contribution in [0.4, 0.5) is 0 Å². The monoisotopic (exact) mass is 364 g/mol. The van der Waals surface area contributed by atoms with Crippen molar-refractivity contribution in [1.29, 1.82) is 0 Å². The van der Waals surface area contributed by atoms with E-state index >= 15 is 0 Å². The standard InChI is InChI=1S/C19H42NO5/c1-21-18-19-25-17-15-13-11-9-7-5-6-8-10-12-14-16-20(22-2,23-3)24-4/h5-19H2,1-4H3/q+1. The molecule has 152 valence electrons.